The van der Waals surface area contributed by atoms with Crippen molar-refractivity contribution >= 4 is 29.3 Å². The Balaban J connectivity index is 0.000000606. The first-order chi connectivity index (χ1) is 22.1. The van der Waals surface area contributed by atoms with Crippen molar-refractivity contribution in [3.05, 3.63) is 87.9 Å². The number of carbonyl (C=O) groups is 2. The van der Waals surface area contributed by atoms with Gasteiger partial charge in [-0.1, -0.05) is 62.1 Å². The third-order valence-electron chi connectivity index (χ3n) is 9.03. The molecule has 1 aliphatic carbocycles. The van der Waals surface area contributed by atoms with Crippen LogP contribution < -0.4 is 20.1 Å². The molecule has 1 heterocycles. The van der Waals surface area contributed by atoms with Gasteiger partial charge in [-0.05, 0) is 98.7 Å². The quantitative estimate of drug-likeness (QED) is 0.241. The molecule has 1 fully saturated rings. The van der Waals surface area contributed by atoms with E-state index >= 15 is 0 Å². The minimum atomic E-state index is -0.967. The minimum Gasteiger partial charge on any atom is -0.493 e. The van der Waals surface area contributed by atoms with Crippen LogP contribution in [0.5, 0.6) is 11.5 Å². The molecule has 1 saturated carbocycles. The highest BCUT2D eigenvalue weighted by Gasteiger charge is 2.36. The van der Waals surface area contributed by atoms with Crippen LogP contribution in [0.25, 0.3) is 0 Å². The van der Waals surface area contributed by atoms with E-state index in [1.54, 1.807) is 12.0 Å². The van der Waals surface area contributed by atoms with E-state index in [9.17, 15) is 14.7 Å². The Morgan fingerprint density at radius 2 is 1.67 bits per heavy atom. The van der Waals surface area contributed by atoms with Gasteiger partial charge in [0, 0.05) is 23.3 Å². The highest BCUT2D eigenvalue weighted by Crippen LogP contribution is 2.44. The van der Waals surface area contributed by atoms with Crippen molar-refractivity contribution in [2.24, 2.45) is 5.73 Å². The van der Waals surface area contributed by atoms with Crippen molar-refractivity contribution < 1.29 is 24.2 Å². The van der Waals surface area contributed by atoms with Gasteiger partial charge < -0.3 is 30.1 Å². The lowest BCUT2D eigenvalue weighted by Gasteiger charge is -2.38. The van der Waals surface area contributed by atoms with E-state index < -0.39 is 12.1 Å². The van der Waals surface area contributed by atoms with Crippen LogP contribution in [-0.4, -0.2) is 47.8 Å². The van der Waals surface area contributed by atoms with E-state index in [1.807, 2.05) is 81.4 Å². The molecule has 0 radical (unpaired) electrons. The number of benzene rings is 3. The summed E-state index contributed by atoms with van der Waals surface area (Å²) in [5, 5.41) is 10.2. The van der Waals surface area contributed by atoms with Crippen molar-refractivity contribution in [1.29, 1.82) is 0 Å². The Morgan fingerprint density at radius 1 is 1.02 bits per heavy atom. The van der Waals surface area contributed by atoms with Gasteiger partial charge in [-0.15, -0.1) is 0 Å². The lowest BCUT2D eigenvalue weighted by molar-refractivity contribution is -0.118. The number of halogens is 1. The zero-order valence-corrected chi connectivity index (χ0v) is 28.4. The first kappa shape index (κ1) is 35.1. The summed E-state index contributed by atoms with van der Waals surface area (Å²) in [6.07, 6.45) is 6.74. The summed E-state index contributed by atoms with van der Waals surface area (Å²) >= 11 is 6.21. The summed E-state index contributed by atoms with van der Waals surface area (Å²) in [6, 6.07) is 18.7. The molecular weight excluding hydrogens is 602 g/mol. The lowest BCUT2D eigenvalue weighted by Crippen LogP contribution is -2.41. The SMILES string of the molecule is CC[C@@H](C)Oc1cc2c(cc1OC)CC(=O)N(c1ccc(C(C)N(CC)C(=O)O)cc1)C2c1ccc(Cl)cc1.NC1CCCCC1. The molecule has 248 valence electrons. The van der Waals surface area contributed by atoms with Crippen molar-refractivity contribution in [3.63, 3.8) is 0 Å². The van der Waals surface area contributed by atoms with Gasteiger partial charge in [-0.25, -0.2) is 4.79 Å². The fourth-order valence-electron chi connectivity index (χ4n) is 6.18. The Bertz CT molecular complexity index is 1460. The number of carboxylic acid groups (broad SMARTS) is 1. The fourth-order valence-corrected chi connectivity index (χ4v) is 6.30. The Morgan fingerprint density at radius 3 is 2.20 bits per heavy atom. The third kappa shape index (κ3) is 8.34. The smallest absolute Gasteiger partial charge is 0.407 e. The number of amides is 2. The molecule has 0 bridgehead atoms. The molecule has 2 amide bonds. The second-order valence-electron chi connectivity index (χ2n) is 12.2. The molecule has 1 aliphatic heterocycles. The summed E-state index contributed by atoms with van der Waals surface area (Å²) in [5.74, 6) is 1.18. The molecule has 0 saturated heterocycles. The first-order valence-corrected chi connectivity index (χ1v) is 16.8. The average molecular weight is 650 g/mol. The maximum atomic E-state index is 13.7. The molecule has 2 unspecified atom stereocenters. The van der Waals surface area contributed by atoms with Crippen molar-refractivity contribution in [1.82, 2.24) is 4.90 Å². The summed E-state index contributed by atoms with van der Waals surface area (Å²) in [7, 11) is 1.60. The van der Waals surface area contributed by atoms with Crippen LogP contribution in [-0.2, 0) is 11.2 Å². The topological polar surface area (TPSA) is 105 Å². The van der Waals surface area contributed by atoms with Crippen LogP contribution in [0.3, 0.4) is 0 Å². The Kier molecular flexibility index (Phi) is 12.4. The maximum absolute atomic E-state index is 13.7. The van der Waals surface area contributed by atoms with Crippen LogP contribution >= 0.6 is 11.6 Å². The molecule has 3 atom stereocenters. The number of hydrogen-bond acceptors (Lipinski definition) is 5. The summed E-state index contributed by atoms with van der Waals surface area (Å²) in [5.41, 5.74) is 9.96. The monoisotopic (exact) mass is 649 g/mol. The molecule has 3 N–H and O–H groups in total. The number of rotatable bonds is 9. The standard InChI is InChI=1S/C31H35ClN2O5.C6H13N/c1-6-19(3)39-28-18-26-23(16-27(28)38-5)17-29(35)34(30(26)22-8-12-24(32)13-9-22)25-14-10-21(11-15-25)20(4)33(7-2)31(36)37;7-6-4-2-1-3-5-6/h8-16,18-20,30H,6-7,17H2,1-5H3,(H,36,37);6H,1-5,7H2/t19-,20?,30?;/m1./s1. The molecule has 46 heavy (non-hydrogen) atoms. The molecule has 0 aromatic heterocycles. The van der Waals surface area contributed by atoms with E-state index in [-0.39, 0.29) is 24.5 Å². The van der Waals surface area contributed by atoms with Gasteiger partial charge in [-0.3, -0.25) is 4.79 Å². The molecular formula is C37H48ClN3O5. The summed E-state index contributed by atoms with van der Waals surface area (Å²) < 4.78 is 11.8. The lowest BCUT2D eigenvalue weighted by atomic mass is 9.86. The first-order valence-electron chi connectivity index (χ1n) is 16.4. The normalized spacial score (nSPS) is 17.7. The molecule has 5 rings (SSSR count). The number of hydrogen-bond donors (Lipinski definition) is 2. The molecule has 8 nitrogen and oxygen atoms in total. The summed E-state index contributed by atoms with van der Waals surface area (Å²) in [4.78, 5) is 28.5. The van der Waals surface area contributed by atoms with Gasteiger partial charge in [0.2, 0.25) is 5.91 Å². The Hall–Kier alpha value is -3.75. The van der Waals surface area contributed by atoms with Gasteiger partial charge in [0.1, 0.15) is 0 Å². The van der Waals surface area contributed by atoms with Crippen molar-refractivity contribution in [2.45, 2.75) is 96.9 Å². The van der Waals surface area contributed by atoms with E-state index in [4.69, 9.17) is 26.8 Å². The number of methoxy groups -OCH3 is 1. The van der Waals surface area contributed by atoms with Crippen molar-refractivity contribution in [3.8, 4) is 11.5 Å². The van der Waals surface area contributed by atoms with E-state index in [0.29, 0.717) is 29.1 Å². The van der Waals surface area contributed by atoms with Gasteiger partial charge in [-0.2, -0.15) is 0 Å². The highest BCUT2D eigenvalue weighted by atomic mass is 35.5. The van der Waals surface area contributed by atoms with Gasteiger partial charge in [0.05, 0.1) is 31.7 Å². The number of fused-ring (bicyclic) bond motifs is 1. The number of anilines is 1. The highest BCUT2D eigenvalue weighted by molar-refractivity contribution is 6.30. The number of ether oxygens (including phenoxy) is 2. The van der Waals surface area contributed by atoms with Gasteiger partial charge in [0.25, 0.3) is 0 Å². The summed E-state index contributed by atoms with van der Waals surface area (Å²) in [6.45, 7) is 8.12. The predicted molar refractivity (Wildman–Crippen MR) is 184 cm³/mol. The number of nitrogens with zero attached hydrogens (tertiary/aromatic N) is 2. The molecule has 3 aromatic rings. The molecule has 0 spiro atoms. The predicted octanol–water partition coefficient (Wildman–Crippen LogP) is 8.54. The third-order valence-corrected chi connectivity index (χ3v) is 9.29. The van der Waals surface area contributed by atoms with E-state index in [0.717, 1.165) is 34.4 Å². The van der Waals surface area contributed by atoms with Crippen LogP contribution in [0.1, 0.15) is 101 Å². The van der Waals surface area contributed by atoms with E-state index in [1.165, 1.54) is 37.0 Å². The molecule has 2 aliphatic rings. The Labute approximate surface area is 278 Å². The average Bonchev–Trinajstić information content (AvgIpc) is 3.05. The zero-order valence-electron chi connectivity index (χ0n) is 27.7. The van der Waals surface area contributed by atoms with Crippen molar-refractivity contribution in [2.75, 3.05) is 18.6 Å². The molecule has 3 aromatic carbocycles. The van der Waals surface area contributed by atoms with Gasteiger partial charge in [0.15, 0.2) is 11.5 Å². The second kappa shape index (κ2) is 16.2. The zero-order chi connectivity index (χ0) is 33.4. The van der Waals surface area contributed by atoms with Crippen LogP contribution in [0.4, 0.5) is 10.5 Å². The minimum absolute atomic E-state index is 0.00437. The number of nitrogens with two attached hydrogens (primary N) is 1. The maximum Gasteiger partial charge on any atom is 0.407 e. The van der Waals surface area contributed by atoms with Crippen LogP contribution in [0, 0.1) is 0 Å². The van der Waals surface area contributed by atoms with Crippen LogP contribution in [0.15, 0.2) is 60.7 Å². The fraction of sp³-hybridized carbons (Fsp3) is 0.459. The van der Waals surface area contributed by atoms with E-state index in [2.05, 4.69) is 6.92 Å². The van der Waals surface area contributed by atoms with Gasteiger partial charge >= 0.3 is 6.09 Å². The molecule has 9 heteroatoms. The number of carbonyl (C=O) groups excluding carboxylic acids is 1. The largest absolute Gasteiger partial charge is 0.493 e. The second-order valence-corrected chi connectivity index (χ2v) is 12.6. The van der Waals surface area contributed by atoms with Crippen LogP contribution in [0.2, 0.25) is 5.02 Å².